The number of hydrogen-bond donors (Lipinski definition) is 1. The molecule has 0 radical (unpaired) electrons. The van der Waals surface area contributed by atoms with Crippen LogP contribution in [0.1, 0.15) is 16.7 Å². The Bertz CT molecular complexity index is 1330. The Hall–Kier alpha value is -4.44. The molecular formula is C28H20N2O2. The van der Waals surface area contributed by atoms with E-state index in [0.717, 1.165) is 22.4 Å². The first-order valence-electron chi connectivity index (χ1n) is 10.3. The maximum atomic E-state index is 13.7. The standard InChI is InChI=1S/C28H20N2O2/c29-28(32)24(19-10-4-1-5-11-19)22-16-17-30-23(18-22)27(31)25(20-12-6-2-7-13-20)26(30)21-14-8-3-9-15-21/h1-18H,(H2,29,32)/b24-22+. The molecule has 0 aliphatic carbocycles. The number of hydrogen-bond acceptors (Lipinski definition) is 3. The summed E-state index contributed by atoms with van der Waals surface area (Å²) in [6.07, 6.45) is 5.43. The Kier molecular flexibility index (Phi) is 4.88. The van der Waals surface area contributed by atoms with E-state index in [1.54, 1.807) is 6.08 Å². The van der Waals surface area contributed by atoms with Gasteiger partial charge in [-0.25, -0.2) is 0 Å². The second-order valence-corrected chi connectivity index (χ2v) is 7.56. The summed E-state index contributed by atoms with van der Waals surface area (Å²) in [4.78, 5) is 27.9. The largest absolute Gasteiger partial charge is 0.366 e. The van der Waals surface area contributed by atoms with E-state index in [1.807, 2.05) is 108 Å². The molecule has 154 valence electrons. The maximum Gasteiger partial charge on any atom is 0.249 e. The third kappa shape index (κ3) is 3.28. The number of ketones is 1. The van der Waals surface area contributed by atoms with Crippen LogP contribution in [0.2, 0.25) is 0 Å². The van der Waals surface area contributed by atoms with Crippen molar-refractivity contribution >= 4 is 28.5 Å². The van der Waals surface area contributed by atoms with Gasteiger partial charge in [0.15, 0.2) is 0 Å². The zero-order valence-electron chi connectivity index (χ0n) is 17.2. The SMILES string of the molecule is NC(=O)/C(=C1\C=CN2C(=C1)C(=O)C(c1ccccc1)=C2c1ccccc1)c1ccccc1. The van der Waals surface area contributed by atoms with Crippen LogP contribution >= 0.6 is 0 Å². The molecule has 0 bridgehead atoms. The number of nitrogens with zero attached hydrogens (tertiary/aromatic N) is 1. The molecule has 5 rings (SSSR count). The van der Waals surface area contributed by atoms with Crippen LogP contribution in [0.3, 0.4) is 0 Å². The van der Waals surface area contributed by atoms with Crippen molar-refractivity contribution in [1.82, 2.24) is 4.90 Å². The van der Waals surface area contributed by atoms with Gasteiger partial charge in [-0.05, 0) is 34.4 Å². The fourth-order valence-corrected chi connectivity index (χ4v) is 4.19. The maximum absolute atomic E-state index is 13.7. The molecule has 0 atom stereocenters. The van der Waals surface area contributed by atoms with Gasteiger partial charge in [0, 0.05) is 6.20 Å². The number of amides is 1. The van der Waals surface area contributed by atoms with Crippen molar-refractivity contribution < 1.29 is 9.59 Å². The summed E-state index contributed by atoms with van der Waals surface area (Å²) in [7, 11) is 0. The molecule has 0 fully saturated rings. The van der Waals surface area contributed by atoms with E-state index >= 15 is 0 Å². The number of Topliss-reactive ketones (excluding diaryl/α,β-unsaturated/α-hetero) is 1. The van der Waals surface area contributed by atoms with Crippen LogP contribution in [0.4, 0.5) is 0 Å². The zero-order chi connectivity index (χ0) is 22.1. The molecule has 3 aromatic rings. The van der Waals surface area contributed by atoms with Crippen LogP contribution in [0, 0.1) is 0 Å². The number of fused-ring (bicyclic) bond motifs is 1. The fourth-order valence-electron chi connectivity index (χ4n) is 4.19. The smallest absolute Gasteiger partial charge is 0.249 e. The normalized spacial score (nSPS) is 16.7. The Morgan fingerprint density at radius 1 is 0.750 bits per heavy atom. The van der Waals surface area contributed by atoms with Gasteiger partial charge in [0.25, 0.3) is 0 Å². The van der Waals surface area contributed by atoms with Gasteiger partial charge in [0.1, 0.15) is 0 Å². The van der Waals surface area contributed by atoms with Crippen molar-refractivity contribution in [3.8, 4) is 0 Å². The average Bonchev–Trinajstić information content (AvgIpc) is 3.13. The van der Waals surface area contributed by atoms with Crippen molar-refractivity contribution in [1.29, 1.82) is 0 Å². The minimum absolute atomic E-state index is 0.0891. The third-order valence-corrected chi connectivity index (χ3v) is 5.60. The lowest BCUT2D eigenvalue weighted by Gasteiger charge is -2.23. The van der Waals surface area contributed by atoms with Crippen LogP contribution in [0.5, 0.6) is 0 Å². The molecule has 1 amide bonds. The lowest BCUT2D eigenvalue weighted by molar-refractivity contribution is -0.113. The summed E-state index contributed by atoms with van der Waals surface area (Å²) in [5, 5.41) is 0. The highest BCUT2D eigenvalue weighted by Gasteiger charge is 2.37. The van der Waals surface area contributed by atoms with Gasteiger partial charge in [-0.1, -0.05) is 91.0 Å². The van der Waals surface area contributed by atoms with E-state index in [1.165, 1.54) is 0 Å². The lowest BCUT2D eigenvalue weighted by atomic mass is 9.95. The van der Waals surface area contributed by atoms with E-state index in [0.29, 0.717) is 22.4 Å². The summed E-state index contributed by atoms with van der Waals surface area (Å²) >= 11 is 0. The Labute approximate surface area is 186 Å². The number of benzene rings is 3. The molecule has 32 heavy (non-hydrogen) atoms. The summed E-state index contributed by atoms with van der Waals surface area (Å²) in [5.41, 5.74) is 11.2. The van der Waals surface area contributed by atoms with E-state index in [2.05, 4.69) is 0 Å². The van der Waals surface area contributed by atoms with Gasteiger partial charge in [0.2, 0.25) is 11.7 Å². The molecule has 4 heteroatoms. The van der Waals surface area contributed by atoms with Crippen LogP contribution in [-0.4, -0.2) is 16.6 Å². The van der Waals surface area contributed by atoms with Crippen LogP contribution in [0.15, 0.2) is 121 Å². The highest BCUT2D eigenvalue weighted by molar-refractivity contribution is 6.38. The minimum atomic E-state index is -0.536. The summed E-state index contributed by atoms with van der Waals surface area (Å²) < 4.78 is 0. The molecule has 2 aliphatic rings. The average molecular weight is 416 g/mol. The highest BCUT2D eigenvalue weighted by atomic mass is 16.1. The number of nitrogens with two attached hydrogens (primary N) is 1. The van der Waals surface area contributed by atoms with Crippen LogP contribution in [-0.2, 0) is 9.59 Å². The zero-order valence-corrected chi connectivity index (χ0v) is 17.2. The number of primary amides is 1. The van der Waals surface area contributed by atoms with Crippen LogP contribution < -0.4 is 5.73 Å². The first kappa shape index (κ1) is 19.5. The summed E-state index contributed by atoms with van der Waals surface area (Å²) in [6.45, 7) is 0. The van der Waals surface area contributed by atoms with Gasteiger partial charge < -0.3 is 10.6 Å². The molecule has 0 unspecified atom stereocenters. The number of rotatable bonds is 4. The van der Waals surface area contributed by atoms with Crippen LogP contribution in [0.25, 0.3) is 16.8 Å². The van der Waals surface area contributed by atoms with E-state index in [-0.39, 0.29) is 5.78 Å². The van der Waals surface area contributed by atoms with Gasteiger partial charge >= 0.3 is 0 Å². The minimum Gasteiger partial charge on any atom is -0.366 e. The predicted molar refractivity (Wildman–Crippen MR) is 126 cm³/mol. The molecule has 2 heterocycles. The molecular weight excluding hydrogens is 396 g/mol. The topological polar surface area (TPSA) is 63.4 Å². The Morgan fingerprint density at radius 2 is 1.31 bits per heavy atom. The number of carbonyl (C=O) groups is 2. The molecule has 4 nitrogen and oxygen atoms in total. The number of allylic oxidation sites excluding steroid dienone is 4. The quantitative estimate of drug-likeness (QED) is 0.622. The van der Waals surface area contributed by atoms with Gasteiger partial charge in [-0.3, -0.25) is 9.59 Å². The van der Waals surface area contributed by atoms with Crippen molar-refractivity contribution in [3.63, 3.8) is 0 Å². The first-order valence-corrected chi connectivity index (χ1v) is 10.3. The predicted octanol–water partition coefficient (Wildman–Crippen LogP) is 4.79. The highest BCUT2D eigenvalue weighted by Crippen LogP contribution is 2.43. The van der Waals surface area contributed by atoms with Crippen molar-refractivity contribution in [3.05, 3.63) is 137 Å². The van der Waals surface area contributed by atoms with Crippen molar-refractivity contribution in [2.45, 2.75) is 0 Å². The molecule has 0 spiro atoms. The molecule has 0 aromatic heterocycles. The fraction of sp³-hybridized carbons (Fsp3) is 0. The Balaban J connectivity index is 1.70. The molecule has 2 N–H and O–H groups in total. The first-order chi connectivity index (χ1) is 15.6. The third-order valence-electron chi connectivity index (χ3n) is 5.60. The van der Waals surface area contributed by atoms with Gasteiger partial charge in [-0.2, -0.15) is 0 Å². The van der Waals surface area contributed by atoms with Gasteiger partial charge in [0.05, 0.1) is 22.5 Å². The van der Waals surface area contributed by atoms with Crippen molar-refractivity contribution in [2.75, 3.05) is 0 Å². The molecule has 2 aliphatic heterocycles. The molecule has 0 saturated carbocycles. The lowest BCUT2D eigenvalue weighted by Crippen LogP contribution is -2.19. The second kappa shape index (κ2) is 8.00. The summed E-state index contributed by atoms with van der Waals surface area (Å²) in [6, 6.07) is 28.8. The number of carbonyl (C=O) groups excluding carboxylic acids is 2. The summed E-state index contributed by atoms with van der Waals surface area (Å²) in [5.74, 6) is -0.625. The van der Waals surface area contributed by atoms with E-state index in [4.69, 9.17) is 5.73 Å². The monoisotopic (exact) mass is 416 g/mol. The molecule has 0 saturated heterocycles. The molecule has 3 aromatic carbocycles. The Morgan fingerprint density at radius 3 is 1.91 bits per heavy atom. The van der Waals surface area contributed by atoms with Crippen molar-refractivity contribution in [2.24, 2.45) is 5.73 Å². The van der Waals surface area contributed by atoms with E-state index < -0.39 is 5.91 Å². The van der Waals surface area contributed by atoms with Gasteiger partial charge in [-0.15, -0.1) is 0 Å². The second-order valence-electron chi connectivity index (χ2n) is 7.56. The van der Waals surface area contributed by atoms with E-state index in [9.17, 15) is 9.59 Å².